The van der Waals surface area contributed by atoms with Gasteiger partial charge in [-0.15, -0.1) is 0 Å². The number of hydrogen-bond acceptors (Lipinski definition) is 2. The Morgan fingerprint density at radius 3 is 2.56 bits per heavy atom. The van der Waals surface area contributed by atoms with Gasteiger partial charge in [0, 0.05) is 0 Å². The summed E-state index contributed by atoms with van der Waals surface area (Å²) in [7, 11) is 0. The molecule has 0 fully saturated rings. The van der Waals surface area contributed by atoms with E-state index in [2.05, 4.69) is 0 Å². The van der Waals surface area contributed by atoms with Crippen molar-refractivity contribution in [3.8, 4) is 0 Å². The summed E-state index contributed by atoms with van der Waals surface area (Å²) >= 11 is 1.59. The summed E-state index contributed by atoms with van der Waals surface area (Å²) in [4.78, 5) is 11.4. The lowest BCUT2D eigenvalue weighted by Crippen LogP contribution is -2.22. The Kier molecular flexibility index (Phi) is 3.37. The molecule has 2 nitrogen and oxygen atoms in total. The molecule has 16 heavy (non-hydrogen) atoms. The third kappa shape index (κ3) is 2.49. The molecule has 2 rings (SSSR count). The Balaban J connectivity index is 2.19. The zero-order chi connectivity index (χ0) is 11.4. The normalized spacial score (nSPS) is 12.2. The second kappa shape index (κ2) is 4.94. The second-order valence-electron chi connectivity index (χ2n) is 3.70. The van der Waals surface area contributed by atoms with Crippen LogP contribution in [0.4, 0.5) is 0 Å². The Bertz CT molecular complexity index is 450. The standard InChI is InChI=1S/C13H13NOS/c14-13(15)12(11-6-7-16-9-11)8-10-4-2-1-3-5-10/h1-7,9,12H,8H2,(H2,14,15). The molecule has 1 atom stereocenters. The van der Waals surface area contributed by atoms with Crippen LogP contribution >= 0.6 is 11.3 Å². The molecule has 0 saturated heterocycles. The fraction of sp³-hybridized carbons (Fsp3) is 0.154. The van der Waals surface area contributed by atoms with Crippen LogP contribution in [-0.4, -0.2) is 5.91 Å². The lowest BCUT2D eigenvalue weighted by molar-refractivity contribution is -0.119. The highest BCUT2D eigenvalue weighted by molar-refractivity contribution is 7.08. The van der Waals surface area contributed by atoms with Gasteiger partial charge in [0.25, 0.3) is 0 Å². The van der Waals surface area contributed by atoms with E-state index in [-0.39, 0.29) is 11.8 Å². The molecule has 82 valence electrons. The van der Waals surface area contributed by atoms with E-state index in [1.54, 1.807) is 11.3 Å². The summed E-state index contributed by atoms with van der Waals surface area (Å²) in [5, 5.41) is 3.95. The van der Waals surface area contributed by atoms with Gasteiger partial charge in [0.1, 0.15) is 0 Å². The first-order chi connectivity index (χ1) is 7.77. The van der Waals surface area contributed by atoms with Gasteiger partial charge < -0.3 is 5.73 Å². The number of carbonyl (C=O) groups excluding carboxylic acids is 1. The van der Waals surface area contributed by atoms with Crippen LogP contribution in [0.1, 0.15) is 17.0 Å². The molecule has 1 aromatic heterocycles. The summed E-state index contributed by atoms with van der Waals surface area (Å²) in [6, 6.07) is 11.9. The lowest BCUT2D eigenvalue weighted by Gasteiger charge is -2.11. The van der Waals surface area contributed by atoms with Crippen LogP contribution in [0.5, 0.6) is 0 Å². The fourth-order valence-electron chi connectivity index (χ4n) is 1.71. The molecular formula is C13H13NOS. The van der Waals surface area contributed by atoms with Crippen molar-refractivity contribution in [2.24, 2.45) is 5.73 Å². The molecular weight excluding hydrogens is 218 g/mol. The highest BCUT2D eigenvalue weighted by Crippen LogP contribution is 2.22. The number of benzene rings is 1. The molecule has 2 aromatic rings. The van der Waals surface area contributed by atoms with E-state index in [0.717, 1.165) is 11.1 Å². The topological polar surface area (TPSA) is 43.1 Å². The molecule has 1 unspecified atom stereocenters. The van der Waals surface area contributed by atoms with Crippen molar-refractivity contribution in [3.63, 3.8) is 0 Å². The molecule has 0 spiro atoms. The smallest absolute Gasteiger partial charge is 0.225 e. The van der Waals surface area contributed by atoms with Crippen molar-refractivity contribution in [1.29, 1.82) is 0 Å². The average Bonchev–Trinajstić information content (AvgIpc) is 2.80. The number of primary amides is 1. The highest BCUT2D eigenvalue weighted by Gasteiger charge is 2.18. The van der Waals surface area contributed by atoms with Gasteiger partial charge in [0.05, 0.1) is 5.92 Å². The molecule has 1 aromatic carbocycles. The predicted molar refractivity (Wildman–Crippen MR) is 66.4 cm³/mol. The van der Waals surface area contributed by atoms with Crippen LogP contribution in [0.3, 0.4) is 0 Å². The maximum absolute atomic E-state index is 11.4. The molecule has 0 aliphatic carbocycles. The van der Waals surface area contributed by atoms with E-state index in [0.29, 0.717) is 6.42 Å². The molecule has 0 aliphatic rings. The highest BCUT2D eigenvalue weighted by atomic mass is 32.1. The number of hydrogen-bond donors (Lipinski definition) is 1. The molecule has 3 heteroatoms. The minimum Gasteiger partial charge on any atom is -0.369 e. The van der Waals surface area contributed by atoms with Gasteiger partial charge in [-0.25, -0.2) is 0 Å². The van der Waals surface area contributed by atoms with Crippen LogP contribution in [0, 0.1) is 0 Å². The molecule has 1 amide bonds. The van der Waals surface area contributed by atoms with Crippen molar-refractivity contribution in [2.45, 2.75) is 12.3 Å². The number of rotatable bonds is 4. The summed E-state index contributed by atoms with van der Waals surface area (Å²) in [6.45, 7) is 0. The van der Waals surface area contributed by atoms with E-state index >= 15 is 0 Å². The molecule has 2 N–H and O–H groups in total. The first-order valence-corrected chi connectivity index (χ1v) is 6.07. The second-order valence-corrected chi connectivity index (χ2v) is 4.48. The SMILES string of the molecule is NC(=O)C(Cc1ccccc1)c1ccsc1. The quantitative estimate of drug-likeness (QED) is 0.863. The summed E-state index contributed by atoms with van der Waals surface area (Å²) < 4.78 is 0. The van der Waals surface area contributed by atoms with Gasteiger partial charge in [-0.3, -0.25) is 4.79 Å². The zero-order valence-corrected chi connectivity index (χ0v) is 9.61. The van der Waals surface area contributed by atoms with Gasteiger partial charge in [-0.2, -0.15) is 11.3 Å². The molecule has 0 bridgehead atoms. The Hall–Kier alpha value is -1.61. The minimum absolute atomic E-state index is 0.214. The number of thiophene rings is 1. The number of amides is 1. The lowest BCUT2D eigenvalue weighted by atomic mass is 9.93. The van der Waals surface area contributed by atoms with E-state index in [4.69, 9.17) is 5.73 Å². The molecule has 0 radical (unpaired) electrons. The fourth-order valence-corrected chi connectivity index (χ4v) is 2.42. The molecule has 1 heterocycles. The monoisotopic (exact) mass is 231 g/mol. The van der Waals surface area contributed by atoms with Crippen LogP contribution in [0.25, 0.3) is 0 Å². The van der Waals surface area contributed by atoms with Crippen molar-refractivity contribution in [2.75, 3.05) is 0 Å². The Labute approximate surface area is 98.7 Å². The third-order valence-corrected chi connectivity index (χ3v) is 3.27. The molecule has 0 saturated carbocycles. The predicted octanol–water partition coefficient (Wildman–Crippen LogP) is 2.56. The van der Waals surface area contributed by atoms with Crippen LogP contribution in [0.15, 0.2) is 47.2 Å². The Morgan fingerprint density at radius 2 is 2.00 bits per heavy atom. The van der Waals surface area contributed by atoms with Crippen molar-refractivity contribution in [3.05, 3.63) is 58.3 Å². The van der Waals surface area contributed by atoms with E-state index in [1.165, 1.54) is 0 Å². The first kappa shape index (κ1) is 10.9. The minimum atomic E-state index is -0.262. The van der Waals surface area contributed by atoms with Crippen LogP contribution < -0.4 is 5.73 Å². The van der Waals surface area contributed by atoms with E-state index in [9.17, 15) is 4.79 Å². The third-order valence-electron chi connectivity index (χ3n) is 2.57. The van der Waals surface area contributed by atoms with Crippen LogP contribution in [0.2, 0.25) is 0 Å². The summed E-state index contributed by atoms with van der Waals surface area (Å²) in [6.07, 6.45) is 0.674. The van der Waals surface area contributed by atoms with E-state index < -0.39 is 0 Å². The number of nitrogens with two attached hydrogens (primary N) is 1. The maximum atomic E-state index is 11.4. The maximum Gasteiger partial charge on any atom is 0.225 e. The molecule has 0 aliphatic heterocycles. The average molecular weight is 231 g/mol. The van der Waals surface area contributed by atoms with Crippen molar-refractivity contribution >= 4 is 17.2 Å². The van der Waals surface area contributed by atoms with Crippen LogP contribution in [-0.2, 0) is 11.2 Å². The zero-order valence-electron chi connectivity index (χ0n) is 8.80. The van der Waals surface area contributed by atoms with Gasteiger partial charge in [-0.05, 0) is 34.4 Å². The Morgan fingerprint density at radius 1 is 1.25 bits per heavy atom. The van der Waals surface area contributed by atoms with Crippen molar-refractivity contribution in [1.82, 2.24) is 0 Å². The van der Waals surface area contributed by atoms with Crippen molar-refractivity contribution < 1.29 is 4.79 Å². The van der Waals surface area contributed by atoms with Gasteiger partial charge in [0.15, 0.2) is 0 Å². The van der Waals surface area contributed by atoms with Gasteiger partial charge in [-0.1, -0.05) is 30.3 Å². The largest absolute Gasteiger partial charge is 0.369 e. The van der Waals surface area contributed by atoms with Gasteiger partial charge >= 0.3 is 0 Å². The number of carbonyl (C=O) groups is 1. The summed E-state index contributed by atoms with van der Waals surface area (Å²) in [5.74, 6) is -0.476. The first-order valence-electron chi connectivity index (χ1n) is 5.12. The van der Waals surface area contributed by atoms with E-state index in [1.807, 2.05) is 47.2 Å². The summed E-state index contributed by atoms with van der Waals surface area (Å²) in [5.41, 5.74) is 7.59. The van der Waals surface area contributed by atoms with Gasteiger partial charge in [0.2, 0.25) is 5.91 Å².